The second-order valence-corrected chi connectivity index (χ2v) is 4.78. The molecule has 68 valence electrons. The lowest BCUT2D eigenvalue weighted by atomic mass is 10.3. The van der Waals surface area contributed by atoms with Crippen molar-refractivity contribution in [3.8, 4) is 0 Å². The largest absolute Gasteiger partial charge is 0.395 e. The van der Waals surface area contributed by atoms with E-state index in [1.165, 1.54) is 0 Å². The van der Waals surface area contributed by atoms with E-state index in [2.05, 4.69) is 21.4 Å². The SMILES string of the molecule is CCC(CO)NOC(C)(C)Br. The summed E-state index contributed by atoms with van der Waals surface area (Å²) in [5, 5.41) is 8.77. The fraction of sp³-hybridized carbons (Fsp3) is 1.00. The molecule has 3 nitrogen and oxygen atoms in total. The van der Waals surface area contributed by atoms with Crippen molar-refractivity contribution >= 4 is 15.9 Å². The zero-order chi connectivity index (χ0) is 8.91. The first-order chi connectivity index (χ1) is 4.99. The molecular formula is C7H16BrNO2. The Kier molecular flexibility index (Phi) is 5.25. The van der Waals surface area contributed by atoms with E-state index in [1.807, 2.05) is 20.8 Å². The van der Waals surface area contributed by atoms with Crippen molar-refractivity contribution in [2.45, 2.75) is 37.7 Å². The number of alkyl halides is 1. The maximum atomic E-state index is 8.77. The monoisotopic (exact) mass is 225 g/mol. The molecule has 0 spiro atoms. The highest BCUT2D eigenvalue weighted by Gasteiger charge is 2.14. The number of aliphatic hydroxyl groups excluding tert-OH is 1. The van der Waals surface area contributed by atoms with Crippen LogP contribution < -0.4 is 5.48 Å². The number of hydroxylamine groups is 1. The van der Waals surface area contributed by atoms with Crippen molar-refractivity contribution < 1.29 is 9.94 Å². The summed E-state index contributed by atoms with van der Waals surface area (Å²) in [5.41, 5.74) is 2.76. The Morgan fingerprint density at radius 2 is 2.18 bits per heavy atom. The summed E-state index contributed by atoms with van der Waals surface area (Å²) in [5.74, 6) is 0. The Morgan fingerprint density at radius 1 is 1.64 bits per heavy atom. The maximum Gasteiger partial charge on any atom is 0.138 e. The standard InChI is InChI=1S/C7H16BrNO2/c1-4-6(5-10)9-11-7(2,3)8/h6,9-10H,4-5H2,1-3H3. The van der Waals surface area contributed by atoms with Crippen LogP contribution in [-0.4, -0.2) is 22.3 Å². The van der Waals surface area contributed by atoms with E-state index in [9.17, 15) is 0 Å². The number of halogens is 1. The van der Waals surface area contributed by atoms with Gasteiger partial charge in [0.25, 0.3) is 0 Å². The van der Waals surface area contributed by atoms with Crippen LogP contribution in [0.2, 0.25) is 0 Å². The van der Waals surface area contributed by atoms with Crippen molar-refractivity contribution in [3.63, 3.8) is 0 Å². The molecule has 0 radical (unpaired) electrons. The molecule has 2 N–H and O–H groups in total. The molecule has 1 unspecified atom stereocenters. The fourth-order valence-corrected chi connectivity index (χ4v) is 0.567. The molecule has 0 aliphatic carbocycles. The van der Waals surface area contributed by atoms with Crippen LogP contribution in [0.15, 0.2) is 0 Å². The molecule has 0 aromatic rings. The average Bonchev–Trinajstić information content (AvgIpc) is 1.88. The summed E-state index contributed by atoms with van der Waals surface area (Å²) < 4.78 is -0.379. The van der Waals surface area contributed by atoms with Gasteiger partial charge in [-0.05, 0) is 20.3 Å². The van der Waals surface area contributed by atoms with Crippen molar-refractivity contribution in [1.82, 2.24) is 5.48 Å². The van der Waals surface area contributed by atoms with E-state index in [0.29, 0.717) is 0 Å². The summed E-state index contributed by atoms with van der Waals surface area (Å²) in [6.45, 7) is 5.84. The van der Waals surface area contributed by atoms with Gasteiger partial charge in [-0.1, -0.05) is 22.9 Å². The quantitative estimate of drug-likeness (QED) is 0.550. The normalized spacial score (nSPS) is 15.0. The third-order valence-corrected chi connectivity index (χ3v) is 1.34. The zero-order valence-electron chi connectivity index (χ0n) is 7.22. The Balaban J connectivity index is 3.51. The summed E-state index contributed by atoms with van der Waals surface area (Å²) >= 11 is 3.30. The molecule has 0 amide bonds. The Morgan fingerprint density at radius 3 is 2.45 bits per heavy atom. The molecule has 0 saturated carbocycles. The number of hydrogen-bond donors (Lipinski definition) is 2. The number of hydrogen-bond acceptors (Lipinski definition) is 3. The molecule has 0 saturated heterocycles. The van der Waals surface area contributed by atoms with Crippen LogP contribution in [0, 0.1) is 0 Å². The van der Waals surface area contributed by atoms with Gasteiger partial charge in [0.05, 0.1) is 12.6 Å². The fourth-order valence-electron chi connectivity index (χ4n) is 0.473. The van der Waals surface area contributed by atoms with Crippen LogP contribution in [0.25, 0.3) is 0 Å². The third-order valence-electron chi connectivity index (χ3n) is 1.18. The van der Waals surface area contributed by atoms with E-state index >= 15 is 0 Å². The number of rotatable bonds is 5. The molecule has 11 heavy (non-hydrogen) atoms. The predicted octanol–water partition coefficient (Wildman–Crippen LogP) is 1.41. The topological polar surface area (TPSA) is 41.5 Å². The Bertz CT molecular complexity index is 99.1. The van der Waals surface area contributed by atoms with Gasteiger partial charge in [0.1, 0.15) is 4.51 Å². The van der Waals surface area contributed by atoms with Crippen LogP contribution in [0.1, 0.15) is 27.2 Å². The van der Waals surface area contributed by atoms with Gasteiger partial charge in [0, 0.05) is 0 Å². The molecule has 4 heteroatoms. The summed E-state index contributed by atoms with van der Waals surface area (Å²) in [7, 11) is 0. The third kappa shape index (κ3) is 6.75. The van der Waals surface area contributed by atoms with Gasteiger partial charge in [-0.3, -0.25) is 4.84 Å². The van der Waals surface area contributed by atoms with Gasteiger partial charge in [-0.25, -0.2) is 0 Å². The second-order valence-electron chi connectivity index (χ2n) is 2.87. The minimum Gasteiger partial charge on any atom is -0.395 e. The summed E-state index contributed by atoms with van der Waals surface area (Å²) in [6.07, 6.45) is 0.847. The van der Waals surface area contributed by atoms with Crippen molar-refractivity contribution in [3.05, 3.63) is 0 Å². The number of aliphatic hydroxyl groups is 1. The van der Waals surface area contributed by atoms with Crippen molar-refractivity contribution in [1.29, 1.82) is 0 Å². The van der Waals surface area contributed by atoms with Gasteiger partial charge in [-0.15, -0.1) is 0 Å². The number of nitrogens with one attached hydrogen (secondary N) is 1. The average molecular weight is 226 g/mol. The first kappa shape index (κ1) is 11.4. The van der Waals surface area contributed by atoms with Crippen LogP contribution >= 0.6 is 15.9 Å². The van der Waals surface area contributed by atoms with E-state index in [4.69, 9.17) is 9.94 Å². The Labute approximate surface area is 76.2 Å². The highest BCUT2D eigenvalue weighted by atomic mass is 79.9. The van der Waals surface area contributed by atoms with Crippen molar-refractivity contribution in [2.75, 3.05) is 6.61 Å². The lowest BCUT2D eigenvalue weighted by Gasteiger charge is -2.21. The second kappa shape index (κ2) is 5.09. The van der Waals surface area contributed by atoms with Crippen LogP contribution in [0.4, 0.5) is 0 Å². The molecule has 0 fully saturated rings. The van der Waals surface area contributed by atoms with Gasteiger partial charge in [-0.2, -0.15) is 5.48 Å². The molecule has 0 rings (SSSR count). The smallest absolute Gasteiger partial charge is 0.138 e. The van der Waals surface area contributed by atoms with E-state index < -0.39 is 0 Å². The van der Waals surface area contributed by atoms with Gasteiger partial charge >= 0.3 is 0 Å². The van der Waals surface area contributed by atoms with Crippen LogP contribution in [0.5, 0.6) is 0 Å². The van der Waals surface area contributed by atoms with Crippen molar-refractivity contribution in [2.24, 2.45) is 0 Å². The summed E-state index contributed by atoms with van der Waals surface area (Å²) in [6, 6.07) is 0.0202. The first-order valence-corrected chi connectivity index (χ1v) is 4.52. The molecule has 0 aromatic carbocycles. The molecule has 1 atom stereocenters. The molecule has 0 bridgehead atoms. The minimum atomic E-state index is -0.379. The predicted molar refractivity (Wildman–Crippen MR) is 48.4 cm³/mol. The zero-order valence-corrected chi connectivity index (χ0v) is 8.81. The highest BCUT2D eigenvalue weighted by molar-refractivity contribution is 9.10. The molecular weight excluding hydrogens is 210 g/mol. The van der Waals surface area contributed by atoms with Crippen LogP contribution in [0.3, 0.4) is 0 Å². The first-order valence-electron chi connectivity index (χ1n) is 3.73. The lowest BCUT2D eigenvalue weighted by molar-refractivity contribution is -0.0515. The van der Waals surface area contributed by atoms with Gasteiger partial charge in [0.15, 0.2) is 0 Å². The lowest BCUT2D eigenvalue weighted by Crippen LogP contribution is -2.37. The molecule has 0 heterocycles. The Hall–Kier alpha value is 0.360. The molecule has 0 aromatic heterocycles. The summed E-state index contributed by atoms with van der Waals surface area (Å²) in [4.78, 5) is 5.18. The van der Waals surface area contributed by atoms with Gasteiger partial charge < -0.3 is 5.11 Å². The van der Waals surface area contributed by atoms with Gasteiger partial charge in [0.2, 0.25) is 0 Å². The minimum absolute atomic E-state index is 0.0202. The maximum absolute atomic E-state index is 8.77. The van der Waals surface area contributed by atoms with E-state index in [1.54, 1.807) is 0 Å². The highest BCUT2D eigenvalue weighted by Crippen LogP contribution is 2.15. The molecule has 0 aliphatic heterocycles. The molecule has 0 aliphatic rings. The van der Waals surface area contributed by atoms with E-state index in [-0.39, 0.29) is 17.2 Å². The van der Waals surface area contributed by atoms with Crippen LogP contribution in [-0.2, 0) is 4.84 Å². The van der Waals surface area contributed by atoms with E-state index in [0.717, 1.165) is 6.42 Å².